The largest absolute Gasteiger partial charge is 0.272 e. The highest BCUT2D eigenvalue weighted by Gasteiger charge is 2.31. The average molecular weight is 292 g/mol. The molecule has 1 aliphatic rings. The standard InChI is InChI=1S/C17H16N4O/c1-12-10-20(15-5-3-2-4-6-15)19-16(12)14-9-18-21(11-14)17(22)13-7-8-13/h2-6,9-11,13H,7-8H2,1H3. The van der Waals surface area contributed by atoms with E-state index in [1.165, 1.54) is 4.68 Å². The Morgan fingerprint density at radius 1 is 1.18 bits per heavy atom. The summed E-state index contributed by atoms with van der Waals surface area (Å²) in [6.07, 6.45) is 7.45. The molecule has 0 N–H and O–H groups in total. The van der Waals surface area contributed by atoms with Gasteiger partial charge < -0.3 is 0 Å². The van der Waals surface area contributed by atoms with Crippen molar-refractivity contribution in [1.29, 1.82) is 0 Å². The highest BCUT2D eigenvalue weighted by Crippen LogP contribution is 2.31. The molecule has 0 radical (unpaired) electrons. The molecular weight excluding hydrogens is 276 g/mol. The van der Waals surface area contributed by atoms with Crippen molar-refractivity contribution in [2.24, 2.45) is 5.92 Å². The second-order valence-electron chi connectivity index (χ2n) is 5.73. The molecule has 5 nitrogen and oxygen atoms in total. The van der Waals surface area contributed by atoms with Crippen LogP contribution >= 0.6 is 0 Å². The van der Waals surface area contributed by atoms with Crippen molar-refractivity contribution >= 4 is 5.91 Å². The van der Waals surface area contributed by atoms with E-state index < -0.39 is 0 Å². The number of nitrogens with zero attached hydrogens (tertiary/aromatic N) is 4. The second-order valence-corrected chi connectivity index (χ2v) is 5.73. The third-order valence-electron chi connectivity index (χ3n) is 3.93. The van der Waals surface area contributed by atoms with E-state index in [1.807, 2.05) is 48.1 Å². The van der Waals surface area contributed by atoms with Crippen LogP contribution in [0.25, 0.3) is 16.9 Å². The minimum absolute atomic E-state index is 0.0893. The summed E-state index contributed by atoms with van der Waals surface area (Å²) in [6, 6.07) is 9.97. The van der Waals surface area contributed by atoms with Crippen LogP contribution in [-0.4, -0.2) is 25.5 Å². The molecule has 1 aromatic carbocycles. The molecule has 0 unspecified atom stereocenters. The van der Waals surface area contributed by atoms with E-state index in [9.17, 15) is 4.79 Å². The molecule has 110 valence electrons. The molecule has 0 atom stereocenters. The van der Waals surface area contributed by atoms with E-state index in [0.29, 0.717) is 0 Å². The van der Waals surface area contributed by atoms with Crippen LogP contribution in [0.3, 0.4) is 0 Å². The van der Waals surface area contributed by atoms with Gasteiger partial charge in [0.2, 0.25) is 5.91 Å². The third-order valence-corrected chi connectivity index (χ3v) is 3.93. The Morgan fingerprint density at radius 3 is 2.68 bits per heavy atom. The van der Waals surface area contributed by atoms with Gasteiger partial charge in [-0.1, -0.05) is 18.2 Å². The van der Waals surface area contributed by atoms with E-state index in [0.717, 1.165) is 35.3 Å². The first-order chi connectivity index (χ1) is 10.7. The van der Waals surface area contributed by atoms with Crippen molar-refractivity contribution < 1.29 is 4.79 Å². The molecule has 3 aromatic rings. The fourth-order valence-electron chi connectivity index (χ4n) is 2.54. The van der Waals surface area contributed by atoms with Crippen molar-refractivity contribution in [3.8, 4) is 16.9 Å². The molecule has 2 heterocycles. The SMILES string of the molecule is Cc1cn(-c2ccccc2)nc1-c1cnn(C(=O)C2CC2)c1. The highest BCUT2D eigenvalue weighted by molar-refractivity contribution is 5.83. The Labute approximate surface area is 128 Å². The maximum absolute atomic E-state index is 12.0. The predicted octanol–water partition coefficient (Wildman–Crippen LogP) is 3.09. The van der Waals surface area contributed by atoms with Crippen LogP contribution in [0.1, 0.15) is 23.2 Å². The van der Waals surface area contributed by atoms with Gasteiger partial charge in [-0.2, -0.15) is 10.2 Å². The number of rotatable bonds is 3. The average Bonchev–Trinajstić information content (AvgIpc) is 3.15. The molecule has 5 heteroatoms. The van der Waals surface area contributed by atoms with E-state index in [1.54, 1.807) is 12.4 Å². The number of para-hydroxylation sites is 1. The lowest BCUT2D eigenvalue weighted by molar-refractivity contribution is 0.0870. The number of benzene rings is 1. The summed E-state index contributed by atoms with van der Waals surface area (Å²) in [6.45, 7) is 2.02. The van der Waals surface area contributed by atoms with Crippen LogP contribution in [0.15, 0.2) is 48.9 Å². The van der Waals surface area contributed by atoms with Gasteiger partial charge in [-0.05, 0) is 37.5 Å². The van der Waals surface area contributed by atoms with Crippen LogP contribution < -0.4 is 0 Å². The van der Waals surface area contributed by atoms with Crippen molar-refractivity contribution in [3.05, 3.63) is 54.5 Å². The van der Waals surface area contributed by atoms with Crippen molar-refractivity contribution in [2.45, 2.75) is 19.8 Å². The fraction of sp³-hybridized carbons (Fsp3) is 0.235. The van der Waals surface area contributed by atoms with E-state index in [-0.39, 0.29) is 11.8 Å². The lowest BCUT2D eigenvalue weighted by Crippen LogP contribution is -2.12. The second kappa shape index (κ2) is 4.94. The number of carbonyl (C=O) groups is 1. The molecule has 0 amide bonds. The van der Waals surface area contributed by atoms with Gasteiger partial charge in [0, 0.05) is 23.9 Å². The summed E-state index contributed by atoms with van der Waals surface area (Å²) in [5, 5.41) is 8.83. The van der Waals surface area contributed by atoms with E-state index >= 15 is 0 Å². The van der Waals surface area contributed by atoms with Gasteiger partial charge in [-0.15, -0.1) is 0 Å². The van der Waals surface area contributed by atoms with Crippen molar-refractivity contribution in [3.63, 3.8) is 0 Å². The maximum Gasteiger partial charge on any atom is 0.249 e. The molecular formula is C17H16N4O. The molecule has 0 aliphatic heterocycles. The molecule has 0 saturated heterocycles. The molecule has 2 aromatic heterocycles. The summed E-state index contributed by atoms with van der Waals surface area (Å²) in [4.78, 5) is 12.0. The summed E-state index contributed by atoms with van der Waals surface area (Å²) in [7, 11) is 0. The lowest BCUT2D eigenvalue weighted by atomic mass is 10.2. The summed E-state index contributed by atoms with van der Waals surface area (Å²) < 4.78 is 3.30. The molecule has 22 heavy (non-hydrogen) atoms. The Kier molecular flexibility index (Phi) is 2.92. The van der Waals surface area contributed by atoms with Crippen LogP contribution in [0.4, 0.5) is 0 Å². The zero-order valence-corrected chi connectivity index (χ0v) is 12.3. The summed E-state index contributed by atoms with van der Waals surface area (Å²) >= 11 is 0. The monoisotopic (exact) mass is 292 g/mol. The van der Waals surface area contributed by atoms with Gasteiger partial charge >= 0.3 is 0 Å². The maximum atomic E-state index is 12.0. The Balaban J connectivity index is 1.68. The van der Waals surface area contributed by atoms with Crippen molar-refractivity contribution in [1.82, 2.24) is 19.6 Å². The van der Waals surface area contributed by atoms with Gasteiger partial charge in [0.15, 0.2) is 0 Å². The minimum Gasteiger partial charge on any atom is -0.272 e. The summed E-state index contributed by atoms with van der Waals surface area (Å²) in [5.41, 5.74) is 3.81. The Morgan fingerprint density at radius 2 is 1.95 bits per heavy atom. The first-order valence-corrected chi connectivity index (χ1v) is 7.43. The first-order valence-electron chi connectivity index (χ1n) is 7.43. The third kappa shape index (κ3) is 2.24. The predicted molar refractivity (Wildman–Crippen MR) is 82.9 cm³/mol. The van der Waals surface area contributed by atoms with Gasteiger partial charge in [0.1, 0.15) is 0 Å². The molecule has 1 saturated carbocycles. The summed E-state index contributed by atoms with van der Waals surface area (Å²) in [5.74, 6) is 0.252. The van der Waals surface area contributed by atoms with E-state index in [4.69, 9.17) is 0 Å². The normalized spacial score (nSPS) is 14.2. The number of hydrogen-bond acceptors (Lipinski definition) is 3. The molecule has 0 bridgehead atoms. The number of aryl methyl sites for hydroxylation is 1. The fourth-order valence-corrected chi connectivity index (χ4v) is 2.54. The topological polar surface area (TPSA) is 52.7 Å². The van der Waals surface area contributed by atoms with Gasteiger partial charge in [0.25, 0.3) is 0 Å². The first kappa shape index (κ1) is 13.0. The van der Waals surface area contributed by atoms with Crippen LogP contribution in [0.5, 0.6) is 0 Å². The van der Waals surface area contributed by atoms with Crippen LogP contribution in [-0.2, 0) is 0 Å². The Hall–Kier alpha value is -2.69. The van der Waals surface area contributed by atoms with Gasteiger partial charge in [0.05, 0.1) is 17.6 Å². The Bertz CT molecular complexity index is 827. The number of hydrogen-bond donors (Lipinski definition) is 0. The smallest absolute Gasteiger partial charge is 0.249 e. The number of aromatic nitrogens is 4. The van der Waals surface area contributed by atoms with Crippen molar-refractivity contribution in [2.75, 3.05) is 0 Å². The highest BCUT2D eigenvalue weighted by atomic mass is 16.2. The number of carbonyl (C=O) groups excluding carboxylic acids is 1. The van der Waals surface area contributed by atoms with E-state index in [2.05, 4.69) is 10.2 Å². The van der Waals surface area contributed by atoms with Gasteiger partial charge in [-0.25, -0.2) is 9.36 Å². The molecule has 1 fully saturated rings. The zero-order valence-electron chi connectivity index (χ0n) is 12.3. The molecule has 0 spiro atoms. The van der Waals surface area contributed by atoms with Gasteiger partial charge in [-0.3, -0.25) is 4.79 Å². The lowest BCUT2D eigenvalue weighted by Gasteiger charge is -1.99. The quantitative estimate of drug-likeness (QED) is 0.745. The molecule has 4 rings (SSSR count). The van der Waals surface area contributed by atoms with Crippen LogP contribution in [0, 0.1) is 12.8 Å². The molecule has 1 aliphatic carbocycles. The zero-order chi connectivity index (χ0) is 15.1. The minimum atomic E-state index is 0.0893. The van der Waals surface area contributed by atoms with Crippen LogP contribution in [0.2, 0.25) is 0 Å².